The minimum absolute atomic E-state index is 0.0514. The number of aromatic nitrogens is 3. The van der Waals surface area contributed by atoms with Gasteiger partial charge >= 0.3 is 0 Å². The Hall–Kier alpha value is -3.69. The summed E-state index contributed by atoms with van der Waals surface area (Å²) in [5, 5.41) is 7.63. The van der Waals surface area contributed by atoms with Gasteiger partial charge in [0, 0.05) is 31.4 Å². The highest BCUT2D eigenvalue weighted by Gasteiger charge is 2.32. The Balaban J connectivity index is 1.62. The zero-order valence-corrected chi connectivity index (χ0v) is 19.5. The number of nitrogens with zero attached hydrogens (tertiary/aromatic N) is 5. The van der Waals surface area contributed by atoms with Gasteiger partial charge in [0.25, 0.3) is 0 Å². The van der Waals surface area contributed by atoms with E-state index in [9.17, 15) is 0 Å². The van der Waals surface area contributed by atoms with Crippen molar-refractivity contribution in [1.82, 2.24) is 14.8 Å². The first-order chi connectivity index (χ1) is 16.4. The lowest BCUT2D eigenvalue weighted by Crippen LogP contribution is -2.30. The number of benzene rings is 1. The van der Waals surface area contributed by atoms with Crippen LogP contribution in [-0.4, -0.2) is 47.3 Å². The number of rotatable bonds is 7. The van der Waals surface area contributed by atoms with Crippen molar-refractivity contribution in [2.75, 3.05) is 31.0 Å². The number of anilines is 3. The molecule has 178 valence electrons. The number of methoxy groups -OCH3 is 2. The number of halogens is 2. The van der Waals surface area contributed by atoms with Crippen LogP contribution in [0, 0.1) is 17.6 Å². The van der Waals surface area contributed by atoms with Crippen molar-refractivity contribution in [2.45, 2.75) is 25.8 Å². The first-order valence-corrected chi connectivity index (χ1v) is 11.1. The Bertz CT molecular complexity index is 1240. The Morgan fingerprint density at radius 1 is 1.15 bits per heavy atom. The number of aryl methyl sites for hydroxylation is 1. The molecule has 8 nitrogen and oxygen atoms in total. The average molecular weight is 469 g/mol. The number of nitrogens with one attached hydrogen (secondary N) is 1. The lowest BCUT2D eigenvalue weighted by atomic mass is 10.1. The molecule has 3 aromatic rings. The molecule has 34 heavy (non-hydrogen) atoms. The fourth-order valence-corrected chi connectivity index (χ4v) is 4.13. The molecule has 1 atom stereocenters. The van der Waals surface area contributed by atoms with Gasteiger partial charge in [0.15, 0.2) is 29.0 Å². The highest BCUT2D eigenvalue weighted by Crippen LogP contribution is 2.43. The van der Waals surface area contributed by atoms with E-state index in [0.717, 1.165) is 29.8 Å². The number of ether oxygens (including phenoxy) is 2. The molecular formula is C24H26F2N6O2. The molecule has 0 radical (unpaired) electrons. The summed E-state index contributed by atoms with van der Waals surface area (Å²) in [6.07, 6.45) is 5.62. The molecular weight excluding hydrogens is 442 g/mol. The summed E-state index contributed by atoms with van der Waals surface area (Å²) in [6.45, 7) is 2.42. The maximum absolute atomic E-state index is 15.4. The van der Waals surface area contributed by atoms with Crippen molar-refractivity contribution in [2.24, 2.45) is 18.0 Å². The second kappa shape index (κ2) is 8.58. The second-order valence-corrected chi connectivity index (χ2v) is 8.62. The van der Waals surface area contributed by atoms with Crippen LogP contribution in [0.4, 0.5) is 31.8 Å². The van der Waals surface area contributed by atoms with Gasteiger partial charge in [-0.15, -0.1) is 0 Å². The van der Waals surface area contributed by atoms with Crippen LogP contribution in [0.2, 0.25) is 0 Å². The van der Waals surface area contributed by atoms with Gasteiger partial charge < -0.3 is 19.7 Å². The molecule has 0 bridgehead atoms. The van der Waals surface area contributed by atoms with E-state index in [0.29, 0.717) is 24.1 Å². The minimum atomic E-state index is -0.799. The first-order valence-electron chi connectivity index (χ1n) is 11.1. The third-order valence-corrected chi connectivity index (χ3v) is 6.10. The fourth-order valence-electron chi connectivity index (χ4n) is 4.13. The topological polar surface area (TPSA) is 76.8 Å². The van der Waals surface area contributed by atoms with Gasteiger partial charge in [0.05, 0.1) is 37.9 Å². The lowest BCUT2D eigenvalue weighted by Gasteiger charge is -2.28. The molecule has 2 aromatic heterocycles. The smallest absolute Gasteiger partial charge is 0.191 e. The SMILES string of the molecule is COc1cc(OC)c(F)c(N(CC2CC2)c2ccc3c(n2)N=C(c2cnn(C)c2)C(C)N3)c1F. The van der Waals surface area contributed by atoms with Crippen LogP contribution >= 0.6 is 0 Å². The van der Waals surface area contributed by atoms with Gasteiger partial charge in [-0.25, -0.2) is 18.8 Å². The Morgan fingerprint density at radius 2 is 1.85 bits per heavy atom. The summed E-state index contributed by atoms with van der Waals surface area (Å²) in [6, 6.07) is 4.74. The van der Waals surface area contributed by atoms with E-state index in [1.54, 1.807) is 21.8 Å². The predicted molar refractivity (Wildman–Crippen MR) is 126 cm³/mol. The van der Waals surface area contributed by atoms with Crippen molar-refractivity contribution in [1.29, 1.82) is 0 Å². The standard InChI is InChI=1S/C24H26F2N6O2/c1-13-22(15-10-27-31(2)12-15)30-24-16(28-13)7-8-19(29-24)32(11-14-5-6-14)23-20(25)17(33-3)9-18(34-4)21(23)26/h7-10,12-14,28H,5-6,11H2,1-4H3. The molecule has 0 spiro atoms. The Kier molecular flexibility index (Phi) is 5.59. The molecule has 2 aliphatic rings. The molecule has 1 unspecified atom stereocenters. The van der Waals surface area contributed by atoms with E-state index < -0.39 is 11.6 Å². The molecule has 1 aromatic carbocycles. The zero-order valence-electron chi connectivity index (χ0n) is 19.5. The number of fused-ring (bicyclic) bond motifs is 1. The molecule has 0 amide bonds. The highest BCUT2D eigenvalue weighted by molar-refractivity contribution is 6.08. The summed E-state index contributed by atoms with van der Waals surface area (Å²) >= 11 is 0. The van der Waals surface area contributed by atoms with E-state index in [1.165, 1.54) is 20.3 Å². The largest absolute Gasteiger partial charge is 0.493 e. The summed E-state index contributed by atoms with van der Waals surface area (Å²) in [5.74, 6) is -0.630. The monoisotopic (exact) mass is 468 g/mol. The fraction of sp³-hybridized carbons (Fsp3) is 0.375. The molecule has 1 aliphatic heterocycles. The van der Waals surface area contributed by atoms with Gasteiger partial charge in [-0.1, -0.05) is 0 Å². The van der Waals surface area contributed by atoms with E-state index in [1.807, 2.05) is 26.2 Å². The van der Waals surface area contributed by atoms with E-state index in [-0.39, 0.29) is 23.2 Å². The highest BCUT2D eigenvalue weighted by atomic mass is 19.1. The van der Waals surface area contributed by atoms with Gasteiger partial charge in [-0.05, 0) is 37.8 Å². The molecule has 10 heteroatoms. The van der Waals surface area contributed by atoms with Crippen molar-refractivity contribution in [3.63, 3.8) is 0 Å². The molecule has 0 saturated heterocycles. The van der Waals surface area contributed by atoms with E-state index in [4.69, 9.17) is 19.5 Å². The molecule has 1 aliphatic carbocycles. The zero-order chi connectivity index (χ0) is 24.0. The summed E-state index contributed by atoms with van der Waals surface area (Å²) < 4.78 is 42.8. The maximum Gasteiger partial charge on any atom is 0.191 e. The van der Waals surface area contributed by atoms with Gasteiger partial charge in [0.1, 0.15) is 11.5 Å². The molecule has 3 heterocycles. The quantitative estimate of drug-likeness (QED) is 0.547. The summed E-state index contributed by atoms with van der Waals surface area (Å²) in [5.41, 5.74) is 2.17. The van der Waals surface area contributed by atoms with Crippen LogP contribution in [0.5, 0.6) is 11.5 Å². The van der Waals surface area contributed by atoms with Crippen LogP contribution < -0.4 is 19.7 Å². The van der Waals surface area contributed by atoms with Crippen LogP contribution in [-0.2, 0) is 7.05 Å². The van der Waals surface area contributed by atoms with Crippen LogP contribution in [0.15, 0.2) is 35.6 Å². The van der Waals surface area contributed by atoms with Crippen LogP contribution in [0.25, 0.3) is 0 Å². The average Bonchev–Trinajstić information content (AvgIpc) is 3.55. The predicted octanol–water partition coefficient (Wildman–Crippen LogP) is 4.59. The van der Waals surface area contributed by atoms with E-state index >= 15 is 8.78 Å². The normalized spacial score (nSPS) is 17.0. The van der Waals surface area contributed by atoms with Gasteiger partial charge in [-0.2, -0.15) is 5.10 Å². The number of hydrogen-bond acceptors (Lipinski definition) is 7. The first kappa shape index (κ1) is 22.1. The van der Waals surface area contributed by atoms with Crippen LogP contribution in [0.1, 0.15) is 25.3 Å². The third kappa shape index (κ3) is 3.93. The molecule has 1 saturated carbocycles. The van der Waals surface area contributed by atoms with Crippen molar-refractivity contribution >= 4 is 28.7 Å². The number of hydrogen-bond donors (Lipinski definition) is 1. The Labute approximate surface area is 196 Å². The van der Waals surface area contributed by atoms with Gasteiger partial charge in [-0.3, -0.25) is 4.68 Å². The third-order valence-electron chi connectivity index (χ3n) is 6.10. The summed E-state index contributed by atoms with van der Waals surface area (Å²) in [7, 11) is 4.52. The lowest BCUT2D eigenvalue weighted by molar-refractivity contribution is 0.358. The van der Waals surface area contributed by atoms with Crippen LogP contribution in [0.3, 0.4) is 0 Å². The maximum atomic E-state index is 15.4. The summed E-state index contributed by atoms with van der Waals surface area (Å²) in [4.78, 5) is 11.1. The van der Waals surface area contributed by atoms with E-state index in [2.05, 4.69) is 10.4 Å². The van der Waals surface area contributed by atoms with Crippen molar-refractivity contribution < 1.29 is 18.3 Å². The van der Waals surface area contributed by atoms with Crippen molar-refractivity contribution in [3.05, 3.63) is 47.8 Å². The molecule has 1 N–H and O–H groups in total. The van der Waals surface area contributed by atoms with Crippen molar-refractivity contribution in [3.8, 4) is 11.5 Å². The van der Waals surface area contributed by atoms with Gasteiger partial charge in [0.2, 0.25) is 0 Å². The molecule has 5 rings (SSSR count). The number of aliphatic imine (C=N–C) groups is 1. The second-order valence-electron chi connectivity index (χ2n) is 8.62. The molecule has 1 fully saturated rings. The Morgan fingerprint density at radius 3 is 2.44 bits per heavy atom. The number of pyridine rings is 1. The minimum Gasteiger partial charge on any atom is -0.493 e.